The van der Waals surface area contributed by atoms with Gasteiger partial charge >= 0.3 is 5.97 Å². The number of hydrogen-bond donors (Lipinski definition) is 0. The molecule has 0 spiro atoms. The van der Waals surface area contributed by atoms with Crippen molar-refractivity contribution in [2.75, 3.05) is 6.61 Å². The quantitative estimate of drug-likeness (QED) is 0.509. The summed E-state index contributed by atoms with van der Waals surface area (Å²) in [6.07, 6.45) is 0.763. The molecule has 78 valence electrons. The largest absolute Gasteiger partial charge is 0.466 e. The summed E-state index contributed by atoms with van der Waals surface area (Å²) in [4.78, 5) is 22.5. The Bertz CT molecular complexity index is 278. The van der Waals surface area contributed by atoms with Crippen molar-refractivity contribution in [1.29, 1.82) is 0 Å². The average Bonchev–Trinajstić information content (AvgIpc) is 1.97. The lowest BCUT2D eigenvalue weighted by atomic mass is 9.40. The molecule has 4 heteroatoms. The van der Waals surface area contributed by atoms with Crippen molar-refractivity contribution < 1.29 is 18.7 Å². The van der Waals surface area contributed by atoms with E-state index in [9.17, 15) is 14.0 Å². The van der Waals surface area contributed by atoms with Gasteiger partial charge in [-0.2, -0.15) is 0 Å². The second kappa shape index (κ2) is 2.78. The number of esters is 1. The van der Waals surface area contributed by atoms with Gasteiger partial charge in [0.25, 0.3) is 0 Å². The van der Waals surface area contributed by atoms with Crippen LogP contribution in [-0.2, 0) is 14.3 Å². The second-order valence-electron chi connectivity index (χ2n) is 4.37. The first-order valence-electron chi connectivity index (χ1n) is 4.88. The SMILES string of the molecule is CCOC(=O)CC(=O)C12CC(F)(C1)C2. The molecule has 0 atom stereocenters. The first-order valence-corrected chi connectivity index (χ1v) is 4.88. The van der Waals surface area contributed by atoms with Gasteiger partial charge in [-0.1, -0.05) is 0 Å². The highest BCUT2D eigenvalue weighted by Crippen LogP contribution is 2.70. The van der Waals surface area contributed by atoms with Crippen LogP contribution in [0.4, 0.5) is 4.39 Å². The lowest BCUT2D eigenvalue weighted by Crippen LogP contribution is -2.67. The standard InChI is InChI=1S/C10H13FO3/c1-2-14-8(13)3-7(12)9-4-10(11,5-9)6-9/h2-6H2,1H3. The molecule has 0 aromatic carbocycles. The highest BCUT2D eigenvalue weighted by Gasteiger charge is 2.72. The summed E-state index contributed by atoms with van der Waals surface area (Å²) in [5, 5.41) is 0. The molecule has 3 fully saturated rings. The van der Waals surface area contributed by atoms with Crippen LogP contribution in [0.3, 0.4) is 0 Å². The highest BCUT2D eigenvalue weighted by molar-refractivity contribution is 6.00. The van der Waals surface area contributed by atoms with Crippen molar-refractivity contribution in [3.8, 4) is 0 Å². The zero-order valence-corrected chi connectivity index (χ0v) is 8.14. The van der Waals surface area contributed by atoms with E-state index in [1.165, 1.54) is 0 Å². The third kappa shape index (κ3) is 1.24. The Hall–Kier alpha value is -0.930. The van der Waals surface area contributed by atoms with Gasteiger partial charge in [0.1, 0.15) is 17.9 Å². The predicted octanol–water partition coefficient (Wildman–Crippen LogP) is 1.40. The van der Waals surface area contributed by atoms with Crippen molar-refractivity contribution >= 4 is 11.8 Å². The zero-order valence-electron chi connectivity index (χ0n) is 8.14. The molecule has 2 bridgehead atoms. The Balaban J connectivity index is 1.83. The molecule has 14 heavy (non-hydrogen) atoms. The van der Waals surface area contributed by atoms with Crippen molar-refractivity contribution in [1.82, 2.24) is 0 Å². The molecule has 3 nitrogen and oxygen atoms in total. The Morgan fingerprint density at radius 1 is 1.36 bits per heavy atom. The summed E-state index contributed by atoms with van der Waals surface area (Å²) in [6, 6.07) is 0. The molecule has 0 amide bonds. The molecular formula is C10H13FO3. The smallest absolute Gasteiger partial charge is 0.313 e. The molecule has 0 saturated heterocycles. The number of rotatable bonds is 4. The third-order valence-corrected chi connectivity index (χ3v) is 3.17. The van der Waals surface area contributed by atoms with Gasteiger partial charge in [-0.25, -0.2) is 4.39 Å². The van der Waals surface area contributed by atoms with E-state index in [-0.39, 0.29) is 18.8 Å². The van der Waals surface area contributed by atoms with Crippen LogP contribution in [0.2, 0.25) is 0 Å². The van der Waals surface area contributed by atoms with E-state index in [0.29, 0.717) is 19.3 Å². The number of hydrogen-bond acceptors (Lipinski definition) is 3. The Kier molecular flexibility index (Phi) is 1.91. The lowest BCUT2D eigenvalue weighted by Gasteiger charge is -2.64. The second-order valence-corrected chi connectivity index (χ2v) is 4.37. The number of halogens is 1. The third-order valence-electron chi connectivity index (χ3n) is 3.17. The first kappa shape index (κ1) is 9.62. The molecule has 0 heterocycles. The summed E-state index contributed by atoms with van der Waals surface area (Å²) in [5.74, 6) is -0.634. The number of alkyl halides is 1. The van der Waals surface area contributed by atoms with Gasteiger partial charge in [0, 0.05) is 5.41 Å². The summed E-state index contributed by atoms with van der Waals surface area (Å²) in [7, 11) is 0. The van der Waals surface area contributed by atoms with Crippen LogP contribution >= 0.6 is 0 Å². The molecule has 3 aliphatic carbocycles. The van der Waals surface area contributed by atoms with E-state index in [1.54, 1.807) is 6.92 Å². The lowest BCUT2D eigenvalue weighted by molar-refractivity contribution is -0.212. The Morgan fingerprint density at radius 3 is 2.36 bits per heavy atom. The molecule has 3 aliphatic rings. The number of carbonyl (C=O) groups excluding carboxylic acids is 2. The Labute approximate surface area is 81.6 Å². The van der Waals surface area contributed by atoms with Crippen LogP contribution in [0.5, 0.6) is 0 Å². The molecule has 0 radical (unpaired) electrons. The van der Waals surface area contributed by atoms with Gasteiger partial charge in [0.15, 0.2) is 0 Å². The van der Waals surface area contributed by atoms with Crippen molar-refractivity contribution in [2.45, 2.75) is 38.3 Å². The molecule has 0 aromatic heterocycles. The van der Waals surface area contributed by atoms with Gasteiger partial charge in [-0.3, -0.25) is 9.59 Å². The highest BCUT2D eigenvalue weighted by atomic mass is 19.1. The van der Waals surface area contributed by atoms with E-state index in [1.807, 2.05) is 0 Å². The van der Waals surface area contributed by atoms with Crippen LogP contribution in [0.1, 0.15) is 32.6 Å². The predicted molar refractivity (Wildman–Crippen MR) is 46.4 cm³/mol. The fourth-order valence-corrected chi connectivity index (χ4v) is 2.49. The maximum absolute atomic E-state index is 13.1. The van der Waals surface area contributed by atoms with Crippen LogP contribution in [0, 0.1) is 5.41 Å². The van der Waals surface area contributed by atoms with Crippen LogP contribution in [-0.4, -0.2) is 24.0 Å². The fraction of sp³-hybridized carbons (Fsp3) is 0.800. The normalized spacial score (nSPS) is 38.1. The van der Waals surface area contributed by atoms with Crippen LogP contribution in [0.15, 0.2) is 0 Å². The van der Waals surface area contributed by atoms with Gasteiger partial charge in [0.2, 0.25) is 0 Å². The summed E-state index contributed by atoms with van der Waals surface area (Å²) >= 11 is 0. The van der Waals surface area contributed by atoms with Gasteiger partial charge in [-0.05, 0) is 26.2 Å². The minimum absolute atomic E-state index is 0.143. The van der Waals surface area contributed by atoms with Crippen molar-refractivity contribution in [3.63, 3.8) is 0 Å². The Morgan fingerprint density at radius 2 is 1.93 bits per heavy atom. The van der Waals surface area contributed by atoms with Gasteiger partial charge < -0.3 is 4.74 Å². The number of ketones is 1. The fourth-order valence-electron chi connectivity index (χ4n) is 2.49. The topological polar surface area (TPSA) is 43.4 Å². The van der Waals surface area contributed by atoms with E-state index in [2.05, 4.69) is 4.74 Å². The first-order chi connectivity index (χ1) is 6.50. The van der Waals surface area contributed by atoms with Crippen LogP contribution < -0.4 is 0 Å². The molecular weight excluding hydrogens is 187 g/mol. The summed E-state index contributed by atoms with van der Waals surface area (Å²) < 4.78 is 17.8. The minimum atomic E-state index is -1.08. The molecule has 3 saturated carbocycles. The minimum Gasteiger partial charge on any atom is -0.466 e. The van der Waals surface area contributed by atoms with Crippen molar-refractivity contribution in [2.24, 2.45) is 5.41 Å². The molecule has 0 aliphatic heterocycles. The molecule has 3 rings (SSSR count). The van der Waals surface area contributed by atoms with E-state index < -0.39 is 17.1 Å². The van der Waals surface area contributed by atoms with Gasteiger partial charge in [0.05, 0.1) is 6.61 Å². The number of ether oxygens (including phenoxy) is 1. The average molecular weight is 200 g/mol. The molecule has 0 N–H and O–H groups in total. The summed E-state index contributed by atoms with van der Waals surface area (Å²) in [5.41, 5.74) is -1.58. The van der Waals surface area contributed by atoms with Crippen LogP contribution in [0.25, 0.3) is 0 Å². The van der Waals surface area contributed by atoms with Gasteiger partial charge in [-0.15, -0.1) is 0 Å². The summed E-state index contributed by atoms with van der Waals surface area (Å²) in [6.45, 7) is 1.98. The number of carbonyl (C=O) groups is 2. The van der Waals surface area contributed by atoms with Crippen molar-refractivity contribution in [3.05, 3.63) is 0 Å². The molecule has 0 aromatic rings. The number of Topliss-reactive ketones (excluding diaryl/α,β-unsaturated/α-hetero) is 1. The molecule has 0 unspecified atom stereocenters. The zero-order chi connectivity index (χ0) is 10.4. The van der Waals surface area contributed by atoms with E-state index in [0.717, 1.165) is 0 Å². The van der Waals surface area contributed by atoms with E-state index >= 15 is 0 Å². The maximum atomic E-state index is 13.1. The maximum Gasteiger partial charge on any atom is 0.313 e. The monoisotopic (exact) mass is 200 g/mol. The van der Waals surface area contributed by atoms with E-state index in [4.69, 9.17) is 0 Å².